The molecule has 0 spiro atoms. The molecule has 12 heavy (non-hydrogen) atoms. The van der Waals surface area contributed by atoms with Gasteiger partial charge >= 0.3 is 0 Å². The van der Waals surface area contributed by atoms with Gasteiger partial charge in [0.15, 0.2) is 0 Å². The molecule has 0 aromatic rings. The normalized spacial score (nSPS) is 11.0. The molecule has 2 nitrogen and oxygen atoms in total. The highest BCUT2D eigenvalue weighted by molar-refractivity contribution is 4.83. The summed E-state index contributed by atoms with van der Waals surface area (Å²) in [6.45, 7) is 8.48. The first-order chi connectivity index (χ1) is 5.63. The average molecular weight is 175 g/mol. The van der Waals surface area contributed by atoms with E-state index < -0.39 is 0 Å². The topological polar surface area (TPSA) is 23.5 Å². The van der Waals surface area contributed by atoms with E-state index in [0.717, 1.165) is 12.8 Å². The average Bonchev–Trinajstić information content (AvgIpc) is 2.11. The smallest absolute Gasteiger partial charge is 0.0615 e. The first-order valence-corrected chi connectivity index (χ1v) is 4.91. The maximum Gasteiger partial charge on any atom is 0.0615 e. The van der Waals surface area contributed by atoms with Gasteiger partial charge in [0.2, 0.25) is 0 Å². The fourth-order valence-corrected chi connectivity index (χ4v) is 1.25. The fraction of sp³-hybridized carbons (Fsp3) is 1.00. The quantitative estimate of drug-likeness (QED) is 0.707. The van der Waals surface area contributed by atoms with Crippen LogP contribution in [0, 0.1) is 0 Å². The van der Waals surface area contributed by atoms with Gasteiger partial charge in [-0.2, -0.15) is 0 Å². The molecule has 76 valence electrons. The van der Waals surface area contributed by atoms with Gasteiger partial charge in [-0.15, -0.1) is 0 Å². The molecular weight excluding hydrogens is 150 g/mol. The van der Waals surface area contributed by atoms with Gasteiger partial charge < -0.3 is 10.0 Å². The van der Waals surface area contributed by atoms with Gasteiger partial charge in [0, 0.05) is 5.54 Å². The van der Waals surface area contributed by atoms with E-state index in [2.05, 4.69) is 18.7 Å². The largest absolute Gasteiger partial charge is 0.394 e. The van der Waals surface area contributed by atoms with Crippen LogP contribution in [-0.2, 0) is 0 Å². The van der Waals surface area contributed by atoms with Crippen molar-refractivity contribution in [2.75, 3.05) is 20.7 Å². The lowest BCUT2D eigenvalue weighted by molar-refractivity contribution is 0.0611. The SMILES string of the molecule is CC.CCC(CC)(CO)N(C)C. The molecule has 1 N–H and O–H groups in total. The molecule has 0 aromatic carbocycles. The first kappa shape index (κ1) is 14.4. The van der Waals surface area contributed by atoms with Gasteiger partial charge in [0.05, 0.1) is 6.61 Å². The predicted molar refractivity (Wildman–Crippen MR) is 55.4 cm³/mol. The summed E-state index contributed by atoms with van der Waals surface area (Å²) in [6, 6.07) is 0. The summed E-state index contributed by atoms with van der Waals surface area (Å²) in [6.07, 6.45) is 2.01. The maximum absolute atomic E-state index is 9.11. The Labute approximate surface area is 77.6 Å². The summed E-state index contributed by atoms with van der Waals surface area (Å²) >= 11 is 0. The molecule has 0 amide bonds. The Morgan fingerprint density at radius 3 is 1.42 bits per heavy atom. The zero-order chi connectivity index (χ0) is 10.2. The molecule has 0 heterocycles. The third-order valence-electron chi connectivity index (χ3n) is 2.56. The van der Waals surface area contributed by atoms with Crippen molar-refractivity contribution in [1.82, 2.24) is 4.90 Å². The number of hydrogen-bond acceptors (Lipinski definition) is 2. The Bertz CT molecular complexity index is 79.6. The molecule has 0 atom stereocenters. The molecule has 0 saturated heterocycles. The molecule has 0 bridgehead atoms. The second-order valence-corrected chi connectivity index (χ2v) is 2.98. The maximum atomic E-state index is 9.11. The van der Waals surface area contributed by atoms with Crippen molar-refractivity contribution in [3.63, 3.8) is 0 Å². The van der Waals surface area contributed by atoms with Crippen molar-refractivity contribution in [2.24, 2.45) is 0 Å². The van der Waals surface area contributed by atoms with Crippen LogP contribution in [0.5, 0.6) is 0 Å². The van der Waals surface area contributed by atoms with Crippen LogP contribution in [0.25, 0.3) is 0 Å². The monoisotopic (exact) mass is 175 g/mol. The second-order valence-electron chi connectivity index (χ2n) is 2.98. The van der Waals surface area contributed by atoms with Crippen LogP contribution in [0.15, 0.2) is 0 Å². The molecule has 2 heteroatoms. The number of aliphatic hydroxyl groups excluding tert-OH is 1. The lowest BCUT2D eigenvalue weighted by atomic mass is 9.93. The van der Waals surface area contributed by atoms with Gasteiger partial charge in [0.25, 0.3) is 0 Å². The molecule has 0 saturated carbocycles. The van der Waals surface area contributed by atoms with Crippen molar-refractivity contribution >= 4 is 0 Å². The van der Waals surface area contributed by atoms with Crippen molar-refractivity contribution in [1.29, 1.82) is 0 Å². The molecule has 0 aliphatic heterocycles. The Balaban J connectivity index is 0. The predicted octanol–water partition coefficient (Wildman–Crippen LogP) is 2.13. The first-order valence-electron chi connectivity index (χ1n) is 4.91. The minimum absolute atomic E-state index is 0.0139. The van der Waals surface area contributed by atoms with E-state index in [1.807, 2.05) is 27.9 Å². The van der Waals surface area contributed by atoms with Gasteiger partial charge in [0.1, 0.15) is 0 Å². The Morgan fingerprint density at radius 2 is 1.42 bits per heavy atom. The third-order valence-corrected chi connectivity index (χ3v) is 2.56. The Kier molecular flexibility index (Phi) is 9.10. The van der Waals surface area contributed by atoms with Crippen LogP contribution in [0.1, 0.15) is 40.5 Å². The van der Waals surface area contributed by atoms with E-state index in [1.54, 1.807) is 0 Å². The van der Waals surface area contributed by atoms with E-state index in [9.17, 15) is 0 Å². The number of nitrogens with zero attached hydrogens (tertiary/aromatic N) is 1. The van der Waals surface area contributed by atoms with Crippen molar-refractivity contribution in [3.8, 4) is 0 Å². The molecule has 0 aliphatic rings. The van der Waals surface area contributed by atoms with E-state index in [4.69, 9.17) is 5.11 Å². The number of likely N-dealkylation sites (N-methyl/N-ethyl adjacent to an activating group) is 1. The van der Waals surface area contributed by atoms with E-state index in [0.29, 0.717) is 0 Å². The van der Waals surface area contributed by atoms with Crippen LogP contribution < -0.4 is 0 Å². The number of hydrogen-bond donors (Lipinski definition) is 1. The van der Waals surface area contributed by atoms with E-state index in [-0.39, 0.29) is 12.1 Å². The summed E-state index contributed by atoms with van der Waals surface area (Å²) < 4.78 is 0. The van der Waals surface area contributed by atoms with Crippen molar-refractivity contribution < 1.29 is 5.11 Å². The van der Waals surface area contributed by atoms with Crippen molar-refractivity contribution in [2.45, 2.75) is 46.1 Å². The molecule has 0 aliphatic carbocycles. The molecule has 0 fully saturated rings. The standard InChI is InChI=1S/C8H19NO.C2H6/c1-5-8(6-2,7-10)9(3)4;1-2/h10H,5-7H2,1-4H3;1-2H3. The molecule has 0 rings (SSSR count). The summed E-state index contributed by atoms with van der Waals surface area (Å²) in [7, 11) is 4.03. The van der Waals surface area contributed by atoms with E-state index in [1.165, 1.54) is 0 Å². The zero-order valence-electron chi connectivity index (χ0n) is 9.52. The minimum atomic E-state index is 0.0139. The van der Waals surface area contributed by atoms with Crippen LogP contribution in [-0.4, -0.2) is 36.2 Å². The Morgan fingerprint density at radius 1 is 1.08 bits per heavy atom. The van der Waals surface area contributed by atoms with Gasteiger partial charge in [-0.05, 0) is 26.9 Å². The highest BCUT2D eigenvalue weighted by atomic mass is 16.3. The summed E-state index contributed by atoms with van der Waals surface area (Å²) in [4.78, 5) is 2.10. The number of rotatable bonds is 4. The summed E-state index contributed by atoms with van der Waals surface area (Å²) in [5.41, 5.74) is 0.0139. The summed E-state index contributed by atoms with van der Waals surface area (Å²) in [5.74, 6) is 0. The lowest BCUT2D eigenvalue weighted by Crippen LogP contribution is -2.46. The molecule has 0 aromatic heterocycles. The highest BCUT2D eigenvalue weighted by Crippen LogP contribution is 2.19. The van der Waals surface area contributed by atoms with Crippen LogP contribution in [0.4, 0.5) is 0 Å². The number of aliphatic hydroxyl groups is 1. The van der Waals surface area contributed by atoms with Gasteiger partial charge in [-0.1, -0.05) is 27.7 Å². The second kappa shape index (κ2) is 7.56. The van der Waals surface area contributed by atoms with Gasteiger partial charge in [-0.3, -0.25) is 0 Å². The van der Waals surface area contributed by atoms with Crippen LogP contribution in [0.3, 0.4) is 0 Å². The molecule has 0 unspecified atom stereocenters. The Hall–Kier alpha value is -0.0800. The van der Waals surface area contributed by atoms with Gasteiger partial charge in [-0.25, -0.2) is 0 Å². The zero-order valence-corrected chi connectivity index (χ0v) is 9.52. The van der Waals surface area contributed by atoms with E-state index >= 15 is 0 Å². The fourth-order valence-electron chi connectivity index (χ4n) is 1.25. The highest BCUT2D eigenvalue weighted by Gasteiger charge is 2.26. The third kappa shape index (κ3) is 3.55. The van der Waals surface area contributed by atoms with Crippen molar-refractivity contribution in [3.05, 3.63) is 0 Å². The van der Waals surface area contributed by atoms with Crippen LogP contribution in [0.2, 0.25) is 0 Å². The summed E-state index contributed by atoms with van der Waals surface area (Å²) in [5, 5.41) is 9.11. The van der Waals surface area contributed by atoms with Crippen LogP contribution >= 0.6 is 0 Å². The minimum Gasteiger partial charge on any atom is -0.394 e. The lowest BCUT2D eigenvalue weighted by Gasteiger charge is -2.36. The molecular formula is C10H25NO. The molecule has 0 radical (unpaired) electrons.